The summed E-state index contributed by atoms with van der Waals surface area (Å²) >= 11 is 0. The number of hydrogen-bond acceptors (Lipinski definition) is 4. The van der Waals surface area contributed by atoms with E-state index in [9.17, 15) is 10.2 Å². The van der Waals surface area contributed by atoms with E-state index in [1.807, 2.05) is 60.7 Å². The molecule has 0 spiro atoms. The molecule has 2 aromatic carbocycles. The summed E-state index contributed by atoms with van der Waals surface area (Å²) in [5.41, 5.74) is 0.426. The molecule has 4 heteroatoms. The lowest BCUT2D eigenvalue weighted by atomic mass is 10.2. The smallest absolute Gasteiger partial charge is 0.135 e. The Morgan fingerprint density at radius 1 is 0.611 bits per heavy atom. The maximum Gasteiger partial charge on any atom is 0.135 e. The molecule has 0 amide bonds. The van der Waals surface area contributed by atoms with E-state index in [0.717, 1.165) is 11.1 Å². The minimum atomic E-state index is -0.630. The second kappa shape index (κ2) is 6.85. The Morgan fingerprint density at radius 3 is 1.28 bits per heavy atom. The molecule has 0 radical (unpaired) electrons. The van der Waals surface area contributed by atoms with Crippen molar-refractivity contribution in [3.63, 3.8) is 0 Å². The lowest BCUT2D eigenvalue weighted by Crippen LogP contribution is -1.93. The zero-order chi connectivity index (χ0) is 12.8. The van der Waals surface area contributed by atoms with Crippen LogP contribution in [-0.2, 0) is 0 Å². The molecule has 2 atom stereocenters. The SMILES string of the molecule is OC(SSC(O)c1ccccc1)c1ccccc1. The maximum absolute atomic E-state index is 9.95. The zero-order valence-corrected chi connectivity index (χ0v) is 11.3. The van der Waals surface area contributed by atoms with Crippen LogP contribution < -0.4 is 0 Å². The van der Waals surface area contributed by atoms with Crippen molar-refractivity contribution >= 4 is 21.6 Å². The molecule has 18 heavy (non-hydrogen) atoms. The van der Waals surface area contributed by atoms with E-state index in [4.69, 9.17) is 0 Å². The van der Waals surface area contributed by atoms with E-state index in [1.165, 1.54) is 21.6 Å². The molecule has 0 aliphatic carbocycles. The van der Waals surface area contributed by atoms with Crippen LogP contribution in [0.15, 0.2) is 60.7 Å². The van der Waals surface area contributed by atoms with Crippen molar-refractivity contribution < 1.29 is 10.2 Å². The Balaban J connectivity index is 1.89. The minimum Gasteiger partial charge on any atom is -0.377 e. The van der Waals surface area contributed by atoms with Crippen LogP contribution in [-0.4, -0.2) is 10.2 Å². The Morgan fingerprint density at radius 2 is 0.944 bits per heavy atom. The van der Waals surface area contributed by atoms with E-state index in [2.05, 4.69) is 0 Å². The number of aliphatic hydroxyl groups excluding tert-OH is 2. The molecule has 2 aromatic rings. The summed E-state index contributed by atoms with van der Waals surface area (Å²) in [6, 6.07) is 18.8. The first kappa shape index (κ1) is 13.5. The fourth-order valence-electron chi connectivity index (χ4n) is 1.45. The summed E-state index contributed by atoms with van der Waals surface area (Å²) < 4.78 is 0. The summed E-state index contributed by atoms with van der Waals surface area (Å²) in [6.07, 6.45) is 0. The third kappa shape index (κ3) is 3.78. The quantitative estimate of drug-likeness (QED) is 0.645. The van der Waals surface area contributed by atoms with Gasteiger partial charge in [-0.25, -0.2) is 0 Å². The van der Waals surface area contributed by atoms with Gasteiger partial charge in [0.15, 0.2) is 0 Å². The molecule has 0 bridgehead atoms. The lowest BCUT2D eigenvalue weighted by Gasteiger charge is -2.13. The van der Waals surface area contributed by atoms with Crippen molar-refractivity contribution in [2.45, 2.75) is 10.9 Å². The summed E-state index contributed by atoms with van der Waals surface area (Å²) in [4.78, 5) is 0. The normalized spacial score (nSPS) is 14.1. The van der Waals surface area contributed by atoms with Gasteiger partial charge in [-0.2, -0.15) is 0 Å². The predicted molar refractivity (Wildman–Crippen MR) is 78.0 cm³/mol. The highest BCUT2D eigenvalue weighted by molar-refractivity contribution is 8.76. The fraction of sp³-hybridized carbons (Fsp3) is 0.143. The van der Waals surface area contributed by atoms with E-state index >= 15 is 0 Å². The molecular formula is C14H14O2S2. The fourth-order valence-corrected chi connectivity index (χ4v) is 3.50. The Hall–Kier alpha value is -0.940. The third-order valence-corrected chi connectivity index (χ3v) is 4.85. The first-order valence-electron chi connectivity index (χ1n) is 5.55. The molecule has 2 unspecified atom stereocenters. The first-order chi connectivity index (χ1) is 8.77. The molecule has 0 aliphatic heterocycles. The van der Waals surface area contributed by atoms with Crippen molar-refractivity contribution in [2.75, 3.05) is 0 Å². The summed E-state index contributed by atoms with van der Waals surface area (Å²) in [7, 11) is 2.51. The summed E-state index contributed by atoms with van der Waals surface area (Å²) in [5, 5.41) is 19.9. The van der Waals surface area contributed by atoms with Gasteiger partial charge in [-0.05, 0) is 11.1 Å². The van der Waals surface area contributed by atoms with Gasteiger partial charge >= 0.3 is 0 Å². The largest absolute Gasteiger partial charge is 0.377 e. The first-order valence-corrected chi connectivity index (χ1v) is 7.83. The Bertz CT molecular complexity index is 416. The Labute approximate surface area is 114 Å². The number of benzene rings is 2. The van der Waals surface area contributed by atoms with Gasteiger partial charge in [0.1, 0.15) is 10.9 Å². The second-order valence-electron chi connectivity index (χ2n) is 3.72. The zero-order valence-electron chi connectivity index (χ0n) is 9.64. The standard InChI is InChI=1S/C14H14O2S2/c15-13(11-7-3-1-4-8-11)17-18-14(16)12-9-5-2-6-10-12/h1-10,13-16H. The molecule has 0 aliphatic rings. The van der Waals surface area contributed by atoms with Gasteiger partial charge in [-0.15, -0.1) is 0 Å². The van der Waals surface area contributed by atoms with Gasteiger partial charge < -0.3 is 10.2 Å². The molecule has 2 nitrogen and oxygen atoms in total. The summed E-state index contributed by atoms with van der Waals surface area (Å²) in [5.74, 6) is 0. The van der Waals surface area contributed by atoms with Gasteiger partial charge in [0.2, 0.25) is 0 Å². The highest BCUT2D eigenvalue weighted by Gasteiger charge is 2.13. The molecule has 2 N–H and O–H groups in total. The molecule has 0 aromatic heterocycles. The van der Waals surface area contributed by atoms with E-state index in [1.54, 1.807) is 0 Å². The van der Waals surface area contributed by atoms with Gasteiger partial charge in [0, 0.05) is 0 Å². The molecule has 0 saturated carbocycles. The highest BCUT2D eigenvalue weighted by Crippen LogP contribution is 2.43. The van der Waals surface area contributed by atoms with Gasteiger partial charge in [0.05, 0.1) is 0 Å². The van der Waals surface area contributed by atoms with Gasteiger partial charge in [0.25, 0.3) is 0 Å². The number of rotatable bonds is 5. The van der Waals surface area contributed by atoms with Gasteiger partial charge in [-0.3, -0.25) is 0 Å². The van der Waals surface area contributed by atoms with Crippen molar-refractivity contribution in [3.8, 4) is 0 Å². The lowest BCUT2D eigenvalue weighted by molar-refractivity contribution is 0.267. The van der Waals surface area contributed by atoms with Crippen molar-refractivity contribution in [1.82, 2.24) is 0 Å². The van der Waals surface area contributed by atoms with E-state index in [0.29, 0.717) is 0 Å². The maximum atomic E-state index is 9.95. The number of aliphatic hydroxyl groups is 2. The number of hydrogen-bond donors (Lipinski definition) is 2. The van der Waals surface area contributed by atoms with Crippen molar-refractivity contribution in [2.24, 2.45) is 0 Å². The van der Waals surface area contributed by atoms with Gasteiger partial charge in [-0.1, -0.05) is 82.3 Å². The second-order valence-corrected chi connectivity index (χ2v) is 6.15. The van der Waals surface area contributed by atoms with Crippen LogP contribution in [0.1, 0.15) is 22.0 Å². The molecule has 0 heterocycles. The van der Waals surface area contributed by atoms with Crippen molar-refractivity contribution in [3.05, 3.63) is 71.8 Å². The molecule has 0 fully saturated rings. The third-order valence-electron chi connectivity index (χ3n) is 2.41. The summed E-state index contributed by atoms with van der Waals surface area (Å²) in [6.45, 7) is 0. The van der Waals surface area contributed by atoms with Crippen LogP contribution in [0.3, 0.4) is 0 Å². The van der Waals surface area contributed by atoms with Crippen LogP contribution >= 0.6 is 21.6 Å². The topological polar surface area (TPSA) is 40.5 Å². The average Bonchev–Trinajstić information content (AvgIpc) is 2.46. The molecule has 94 valence electrons. The van der Waals surface area contributed by atoms with E-state index in [-0.39, 0.29) is 0 Å². The molecular weight excluding hydrogens is 264 g/mol. The minimum absolute atomic E-state index is 0.630. The molecule has 2 rings (SSSR count). The van der Waals surface area contributed by atoms with Crippen LogP contribution in [0, 0.1) is 0 Å². The molecule has 0 saturated heterocycles. The highest BCUT2D eigenvalue weighted by atomic mass is 33.1. The van der Waals surface area contributed by atoms with Crippen LogP contribution in [0.25, 0.3) is 0 Å². The van der Waals surface area contributed by atoms with Crippen molar-refractivity contribution in [1.29, 1.82) is 0 Å². The van der Waals surface area contributed by atoms with Crippen LogP contribution in [0.5, 0.6) is 0 Å². The Kier molecular flexibility index (Phi) is 5.13. The van der Waals surface area contributed by atoms with Crippen LogP contribution in [0.2, 0.25) is 0 Å². The van der Waals surface area contributed by atoms with E-state index < -0.39 is 10.9 Å². The van der Waals surface area contributed by atoms with Crippen LogP contribution in [0.4, 0.5) is 0 Å². The monoisotopic (exact) mass is 278 g/mol. The average molecular weight is 278 g/mol. The predicted octanol–water partition coefficient (Wildman–Crippen LogP) is 3.75.